The molecule has 3 aromatic rings. The lowest BCUT2D eigenvalue weighted by Crippen LogP contribution is -2.48. The zero-order chi connectivity index (χ0) is 19.4. The maximum atomic E-state index is 13.1. The van der Waals surface area contributed by atoms with E-state index in [2.05, 4.69) is 29.2 Å². The molecule has 29 heavy (non-hydrogen) atoms. The fourth-order valence-electron chi connectivity index (χ4n) is 5.28. The number of hydrogen-bond acceptors (Lipinski definition) is 4. The zero-order valence-electron chi connectivity index (χ0n) is 16.4. The number of benzene rings is 2. The third-order valence-electron chi connectivity index (χ3n) is 6.86. The molecule has 1 saturated heterocycles. The number of amides is 1. The van der Waals surface area contributed by atoms with Gasteiger partial charge in [-0.3, -0.25) is 4.79 Å². The molecule has 2 fully saturated rings. The van der Waals surface area contributed by atoms with Crippen LogP contribution in [0.4, 0.5) is 5.69 Å². The van der Waals surface area contributed by atoms with Crippen LogP contribution in [0.1, 0.15) is 52.8 Å². The van der Waals surface area contributed by atoms with Crippen molar-refractivity contribution in [2.24, 2.45) is 0 Å². The Labute approximate surface area is 170 Å². The minimum Gasteiger partial charge on any atom is -0.368 e. The normalized spacial score (nSPS) is 22.9. The highest BCUT2D eigenvalue weighted by Crippen LogP contribution is 2.51. The summed E-state index contributed by atoms with van der Waals surface area (Å²) in [7, 11) is 0. The zero-order valence-corrected chi connectivity index (χ0v) is 16.4. The topological polar surface area (TPSA) is 49.3 Å². The van der Waals surface area contributed by atoms with E-state index in [1.165, 1.54) is 36.3 Å². The van der Waals surface area contributed by atoms with Gasteiger partial charge >= 0.3 is 0 Å². The van der Waals surface area contributed by atoms with Crippen LogP contribution in [0.5, 0.6) is 0 Å². The van der Waals surface area contributed by atoms with Crippen molar-refractivity contribution in [3.8, 4) is 0 Å². The molecule has 1 aliphatic heterocycles. The van der Waals surface area contributed by atoms with Gasteiger partial charge in [-0.15, -0.1) is 0 Å². The first-order valence-electron chi connectivity index (χ1n) is 10.7. The molecule has 0 spiro atoms. The summed E-state index contributed by atoms with van der Waals surface area (Å²) in [5.74, 6) is 1.29. The van der Waals surface area contributed by atoms with Crippen molar-refractivity contribution < 1.29 is 4.79 Å². The largest absolute Gasteiger partial charge is 0.368 e. The summed E-state index contributed by atoms with van der Waals surface area (Å²) in [5, 5.41) is 0. The van der Waals surface area contributed by atoms with Gasteiger partial charge < -0.3 is 9.80 Å². The number of anilines is 1. The third-order valence-corrected chi connectivity index (χ3v) is 6.86. The summed E-state index contributed by atoms with van der Waals surface area (Å²) in [4.78, 5) is 27.2. The number of fused-ring (bicyclic) bond motifs is 6. The molecule has 3 aliphatic rings. The van der Waals surface area contributed by atoms with Crippen LogP contribution in [0, 0.1) is 0 Å². The molecular weight excluding hydrogens is 360 g/mol. The number of carbonyl (C=O) groups excluding carboxylic acids is 1. The molecule has 2 atom stereocenters. The lowest BCUT2D eigenvalue weighted by Gasteiger charge is -2.36. The van der Waals surface area contributed by atoms with Crippen molar-refractivity contribution in [2.75, 3.05) is 31.1 Å². The van der Waals surface area contributed by atoms with Gasteiger partial charge in [0.05, 0.1) is 22.4 Å². The number of carbonyl (C=O) groups is 1. The van der Waals surface area contributed by atoms with Crippen LogP contribution < -0.4 is 4.90 Å². The summed E-state index contributed by atoms with van der Waals surface area (Å²) < 4.78 is 0. The Bertz CT molecular complexity index is 1090. The van der Waals surface area contributed by atoms with Crippen molar-refractivity contribution in [1.29, 1.82) is 0 Å². The average Bonchev–Trinajstić information content (AvgIpc) is 3.40. The minimum absolute atomic E-state index is 0.100. The van der Waals surface area contributed by atoms with E-state index >= 15 is 0 Å². The highest BCUT2D eigenvalue weighted by Gasteiger charge is 2.39. The molecule has 6 rings (SSSR count). The molecule has 0 radical (unpaired) electrons. The Morgan fingerprint density at radius 1 is 0.828 bits per heavy atom. The van der Waals surface area contributed by atoms with Crippen LogP contribution in [-0.4, -0.2) is 47.0 Å². The Morgan fingerprint density at radius 2 is 1.52 bits per heavy atom. The number of hydrogen-bond donors (Lipinski definition) is 0. The third kappa shape index (κ3) is 2.79. The van der Waals surface area contributed by atoms with E-state index in [0.29, 0.717) is 11.8 Å². The number of piperazine rings is 1. The summed E-state index contributed by atoms with van der Waals surface area (Å²) in [6.45, 7) is 3.20. The Hall–Kier alpha value is -2.95. The lowest BCUT2D eigenvalue weighted by molar-refractivity contribution is 0.0747. The summed E-state index contributed by atoms with van der Waals surface area (Å²) in [6, 6.07) is 16.3. The SMILES string of the molecule is O=C(c1ccc2nc3c(nc2c1)C1CCC3C1)N1CCN(c2ccccc2)CC1. The van der Waals surface area contributed by atoms with Crippen LogP contribution in [0.15, 0.2) is 48.5 Å². The highest BCUT2D eigenvalue weighted by molar-refractivity contribution is 5.97. The smallest absolute Gasteiger partial charge is 0.254 e. The quantitative estimate of drug-likeness (QED) is 0.671. The first kappa shape index (κ1) is 17.0. The second-order valence-electron chi connectivity index (χ2n) is 8.52. The maximum Gasteiger partial charge on any atom is 0.254 e. The minimum atomic E-state index is 0.100. The first-order chi connectivity index (χ1) is 14.3. The van der Waals surface area contributed by atoms with Gasteiger partial charge in [-0.25, -0.2) is 9.97 Å². The second-order valence-corrected chi connectivity index (χ2v) is 8.52. The highest BCUT2D eigenvalue weighted by atomic mass is 16.2. The Kier molecular flexibility index (Phi) is 3.83. The number of rotatable bonds is 2. The molecule has 2 aliphatic carbocycles. The van der Waals surface area contributed by atoms with E-state index in [9.17, 15) is 4.79 Å². The van der Waals surface area contributed by atoms with Gasteiger partial charge in [-0.2, -0.15) is 0 Å². The molecule has 1 saturated carbocycles. The molecule has 1 aromatic heterocycles. The molecule has 2 heterocycles. The molecule has 1 amide bonds. The van der Waals surface area contributed by atoms with Crippen LogP contribution in [0.3, 0.4) is 0 Å². The number of aromatic nitrogens is 2. The molecule has 146 valence electrons. The Balaban J connectivity index is 1.22. The van der Waals surface area contributed by atoms with Crippen LogP contribution in [-0.2, 0) is 0 Å². The van der Waals surface area contributed by atoms with Crippen molar-refractivity contribution >= 4 is 22.6 Å². The molecule has 5 nitrogen and oxygen atoms in total. The van der Waals surface area contributed by atoms with Crippen molar-refractivity contribution in [3.63, 3.8) is 0 Å². The number of nitrogens with zero attached hydrogens (tertiary/aromatic N) is 4. The van der Waals surface area contributed by atoms with Gasteiger partial charge in [0.2, 0.25) is 0 Å². The fraction of sp³-hybridized carbons (Fsp3) is 0.375. The van der Waals surface area contributed by atoms with Crippen LogP contribution in [0.25, 0.3) is 11.0 Å². The molecule has 0 N–H and O–H groups in total. The van der Waals surface area contributed by atoms with Gasteiger partial charge in [-0.05, 0) is 49.6 Å². The predicted molar refractivity (Wildman–Crippen MR) is 113 cm³/mol. The van der Waals surface area contributed by atoms with E-state index in [1.54, 1.807) is 0 Å². The molecule has 5 heteroatoms. The second kappa shape index (κ2) is 6.55. The molecule has 2 aromatic carbocycles. The fourth-order valence-corrected chi connectivity index (χ4v) is 5.28. The maximum absolute atomic E-state index is 13.1. The standard InChI is InChI=1S/C24H24N4O/c29-24(28-12-10-27(11-13-28)19-4-2-1-3-5-19)18-8-9-20-21(15-18)26-23-17-7-6-16(14-17)22(23)25-20/h1-5,8-9,15-17H,6-7,10-14H2. The Morgan fingerprint density at radius 3 is 2.24 bits per heavy atom. The van der Waals surface area contributed by atoms with Crippen LogP contribution >= 0.6 is 0 Å². The number of para-hydroxylation sites is 1. The van der Waals surface area contributed by atoms with Gasteiger partial charge in [0.25, 0.3) is 5.91 Å². The van der Waals surface area contributed by atoms with Gasteiger partial charge in [0.15, 0.2) is 0 Å². The average molecular weight is 384 g/mol. The van der Waals surface area contributed by atoms with Crippen LogP contribution in [0.2, 0.25) is 0 Å². The molecule has 2 unspecified atom stereocenters. The van der Waals surface area contributed by atoms with Crippen molar-refractivity contribution in [1.82, 2.24) is 14.9 Å². The monoisotopic (exact) mass is 384 g/mol. The van der Waals surface area contributed by atoms with Gasteiger partial charge in [-0.1, -0.05) is 18.2 Å². The molecule has 2 bridgehead atoms. The molecular formula is C24H24N4O. The van der Waals surface area contributed by atoms with E-state index in [1.807, 2.05) is 29.2 Å². The van der Waals surface area contributed by atoms with E-state index < -0.39 is 0 Å². The van der Waals surface area contributed by atoms with Gasteiger partial charge in [0.1, 0.15) is 0 Å². The summed E-state index contributed by atoms with van der Waals surface area (Å²) in [5.41, 5.74) is 6.14. The lowest BCUT2D eigenvalue weighted by atomic mass is 10.00. The van der Waals surface area contributed by atoms with E-state index in [-0.39, 0.29) is 5.91 Å². The summed E-state index contributed by atoms with van der Waals surface area (Å²) in [6.07, 6.45) is 3.70. The predicted octanol–water partition coefficient (Wildman–Crippen LogP) is 3.96. The van der Waals surface area contributed by atoms with Crippen molar-refractivity contribution in [2.45, 2.75) is 31.1 Å². The van der Waals surface area contributed by atoms with Gasteiger partial charge in [0, 0.05) is 49.3 Å². The van der Waals surface area contributed by atoms with E-state index in [4.69, 9.17) is 9.97 Å². The van der Waals surface area contributed by atoms with Crippen molar-refractivity contribution in [3.05, 3.63) is 65.5 Å². The first-order valence-corrected chi connectivity index (χ1v) is 10.7. The van der Waals surface area contributed by atoms with E-state index in [0.717, 1.165) is 42.8 Å². The summed E-state index contributed by atoms with van der Waals surface area (Å²) >= 11 is 0.